The molecule has 0 radical (unpaired) electrons. The molecule has 1 N–H and O–H groups in total. The van der Waals surface area contributed by atoms with Crippen LogP contribution in [0.15, 0.2) is 146 Å². The SMILES string of the molecule is CC/C=C\C/C=C\C/C=C\C/C=C\C/C=C\C/C=C\C/C=C\C/C=C\C/C=C\C/C=C\C/C=C\CCCCCC(=O)OC(COC(=O)CCCCCCCCCCCCC/C=C\CCCCCCCCCC)COP(=O)(O)OCC[N+](C)(C)C. The first-order valence-corrected chi connectivity index (χ1v) is 35.1. The van der Waals surface area contributed by atoms with Crippen LogP contribution in [0.1, 0.15) is 258 Å². The first-order chi connectivity index (χ1) is 41.0. The standard InChI is InChI=1S/C74H124NO8P/c1-6-8-10-12-14-16-18-20-22-24-26-28-30-31-32-33-34-35-36-37-38-39-40-41-42-43-45-47-49-51-53-55-57-59-61-63-65-67-74(77)83-72(71-82-84(78,79)81-69-68-75(3,4)5)70-80-73(76)66-64-62-60-58-56-54-52-50-48-46-44-29-27-25-23-21-19-17-15-13-11-9-7-2/h8,10,14,16,20,22,25-28,31-32,34-35,37-38,40-41,43,45,49,51,55,57,72H,6-7,9,11-13,15,17-19,21,23-24,29-30,33,36,39,42,44,46-48,50,52-54,56,58-71H2,1-5H3/p+1/b10-8-,16-14-,22-20-,27-25-,28-26-,32-31-,35-34-,38-37-,41-40-,45-43-,51-49-,57-55-. The van der Waals surface area contributed by atoms with Gasteiger partial charge in [-0.15, -0.1) is 0 Å². The number of carbonyl (C=O) groups is 2. The van der Waals surface area contributed by atoms with Gasteiger partial charge in [-0.25, -0.2) is 4.57 Å². The molecule has 0 bridgehead atoms. The van der Waals surface area contributed by atoms with E-state index >= 15 is 0 Å². The Balaban J connectivity index is 4.22. The predicted molar refractivity (Wildman–Crippen MR) is 362 cm³/mol. The van der Waals surface area contributed by atoms with Gasteiger partial charge in [0, 0.05) is 12.8 Å². The molecule has 0 aliphatic rings. The molecule has 0 aromatic heterocycles. The number of esters is 2. The summed E-state index contributed by atoms with van der Waals surface area (Å²) in [5.74, 6) is -0.842. The highest BCUT2D eigenvalue weighted by atomic mass is 31.2. The van der Waals surface area contributed by atoms with Gasteiger partial charge in [0.25, 0.3) is 0 Å². The second-order valence-corrected chi connectivity index (χ2v) is 24.6. The minimum absolute atomic E-state index is 0.0176. The monoisotopic (exact) mass is 1190 g/mol. The highest BCUT2D eigenvalue weighted by Crippen LogP contribution is 2.43. The van der Waals surface area contributed by atoms with E-state index in [1.54, 1.807) is 0 Å². The Morgan fingerprint density at radius 1 is 0.381 bits per heavy atom. The quantitative estimate of drug-likeness (QED) is 0.0211. The first-order valence-electron chi connectivity index (χ1n) is 33.6. The van der Waals surface area contributed by atoms with Gasteiger partial charge in [0.1, 0.15) is 19.8 Å². The molecule has 0 spiro atoms. The molecule has 0 saturated carbocycles. The van der Waals surface area contributed by atoms with Gasteiger partial charge in [-0.1, -0.05) is 269 Å². The number of rotatable bonds is 60. The fourth-order valence-corrected chi connectivity index (χ4v) is 9.46. The van der Waals surface area contributed by atoms with E-state index in [-0.39, 0.29) is 32.0 Å². The van der Waals surface area contributed by atoms with E-state index in [1.165, 1.54) is 116 Å². The molecule has 10 heteroatoms. The van der Waals surface area contributed by atoms with Crippen molar-refractivity contribution < 1.29 is 42.1 Å². The van der Waals surface area contributed by atoms with Crippen molar-refractivity contribution in [3.63, 3.8) is 0 Å². The number of unbranched alkanes of at least 4 members (excludes halogenated alkanes) is 22. The van der Waals surface area contributed by atoms with E-state index in [0.29, 0.717) is 17.4 Å². The zero-order chi connectivity index (χ0) is 61.2. The molecule has 0 heterocycles. The summed E-state index contributed by atoms with van der Waals surface area (Å²) >= 11 is 0. The first kappa shape index (κ1) is 79.9. The smallest absolute Gasteiger partial charge is 0.462 e. The second kappa shape index (κ2) is 63.4. The molecule has 0 aromatic rings. The Labute approximate surface area is 516 Å². The molecule has 0 aliphatic carbocycles. The number of quaternary nitrogens is 1. The van der Waals surface area contributed by atoms with Gasteiger partial charge in [0.2, 0.25) is 0 Å². The zero-order valence-electron chi connectivity index (χ0n) is 54.3. The van der Waals surface area contributed by atoms with E-state index in [0.717, 1.165) is 109 Å². The van der Waals surface area contributed by atoms with Crippen molar-refractivity contribution in [3.8, 4) is 0 Å². The van der Waals surface area contributed by atoms with Crippen molar-refractivity contribution in [2.75, 3.05) is 47.5 Å². The molecule has 9 nitrogen and oxygen atoms in total. The summed E-state index contributed by atoms with van der Waals surface area (Å²) in [6, 6.07) is 0. The largest absolute Gasteiger partial charge is 0.472 e. The third kappa shape index (κ3) is 67.0. The fourth-order valence-electron chi connectivity index (χ4n) is 8.72. The molecule has 2 atom stereocenters. The molecule has 478 valence electrons. The van der Waals surface area contributed by atoms with Crippen LogP contribution in [0.25, 0.3) is 0 Å². The van der Waals surface area contributed by atoms with Crippen LogP contribution in [0, 0.1) is 0 Å². The number of phosphoric ester groups is 1. The number of allylic oxidation sites excluding steroid dienone is 24. The van der Waals surface area contributed by atoms with Crippen LogP contribution in [-0.2, 0) is 32.7 Å². The predicted octanol–water partition coefficient (Wildman–Crippen LogP) is 21.8. The van der Waals surface area contributed by atoms with Crippen LogP contribution in [0.2, 0.25) is 0 Å². The Morgan fingerprint density at radius 3 is 1.04 bits per heavy atom. The van der Waals surface area contributed by atoms with Gasteiger partial charge in [0.15, 0.2) is 6.10 Å². The molecule has 0 amide bonds. The lowest BCUT2D eigenvalue weighted by atomic mass is 10.0. The number of carbonyl (C=O) groups excluding carboxylic acids is 2. The normalized spacial score (nSPS) is 14.1. The van der Waals surface area contributed by atoms with Crippen LogP contribution < -0.4 is 0 Å². The van der Waals surface area contributed by atoms with Crippen LogP contribution in [0.4, 0.5) is 0 Å². The van der Waals surface area contributed by atoms with Gasteiger partial charge in [-0.3, -0.25) is 18.6 Å². The van der Waals surface area contributed by atoms with Crippen LogP contribution in [0.3, 0.4) is 0 Å². The highest BCUT2D eigenvalue weighted by Gasteiger charge is 2.27. The lowest BCUT2D eigenvalue weighted by Gasteiger charge is -2.24. The molecule has 2 unspecified atom stereocenters. The van der Waals surface area contributed by atoms with E-state index in [2.05, 4.69) is 160 Å². The van der Waals surface area contributed by atoms with Crippen molar-refractivity contribution >= 4 is 19.8 Å². The summed E-state index contributed by atoms with van der Waals surface area (Å²) in [5.41, 5.74) is 0. The van der Waals surface area contributed by atoms with Crippen molar-refractivity contribution in [2.24, 2.45) is 0 Å². The minimum atomic E-state index is -4.41. The van der Waals surface area contributed by atoms with Crippen molar-refractivity contribution in [2.45, 2.75) is 264 Å². The number of likely N-dealkylation sites (N-methyl/N-ethyl adjacent to an activating group) is 1. The summed E-state index contributed by atoms with van der Waals surface area (Å²) < 4.78 is 34.6. The molecule has 0 saturated heterocycles. The third-order valence-electron chi connectivity index (χ3n) is 13.9. The van der Waals surface area contributed by atoms with Gasteiger partial charge < -0.3 is 18.9 Å². The Hall–Kier alpha value is -4.11. The number of ether oxygens (including phenoxy) is 2. The molecule has 0 rings (SSSR count). The van der Waals surface area contributed by atoms with Crippen LogP contribution in [-0.4, -0.2) is 74.9 Å². The number of nitrogens with zero attached hydrogens (tertiary/aromatic N) is 1. The Kier molecular flexibility index (Phi) is 60.3. The topological polar surface area (TPSA) is 108 Å². The Morgan fingerprint density at radius 2 is 0.679 bits per heavy atom. The highest BCUT2D eigenvalue weighted by molar-refractivity contribution is 7.47. The Bertz CT molecular complexity index is 1930. The maximum atomic E-state index is 12.8. The van der Waals surface area contributed by atoms with E-state index in [4.69, 9.17) is 18.5 Å². The zero-order valence-corrected chi connectivity index (χ0v) is 55.2. The molecular weight excluding hydrogens is 1060 g/mol. The lowest BCUT2D eigenvalue weighted by Crippen LogP contribution is -2.37. The van der Waals surface area contributed by atoms with Gasteiger partial charge in [-0.2, -0.15) is 0 Å². The summed E-state index contributed by atoms with van der Waals surface area (Å²) in [6.45, 7) is 4.28. The maximum absolute atomic E-state index is 12.8. The summed E-state index contributed by atoms with van der Waals surface area (Å²) in [7, 11) is 1.44. The summed E-state index contributed by atoms with van der Waals surface area (Å²) in [6.07, 6.45) is 93.7. The van der Waals surface area contributed by atoms with Gasteiger partial charge in [0.05, 0.1) is 27.7 Å². The average Bonchev–Trinajstić information content (AvgIpc) is 3.61. The van der Waals surface area contributed by atoms with E-state index in [9.17, 15) is 19.0 Å². The lowest BCUT2D eigenvalue weighted by molar-refractivity contribution is -0.870. The van der Waals surface area contributed by atoms with Crippen molar-refractivity contribution in [3.05, 3.63) is 146 Å². The number of hydrogen-bond acceptors (Lipinski definition) is 7. The average molecular weight is 1190 g/mol. The van der Waals surface area contributed by atoms with Crippen LogP contribution in [0.5, 0.6) is 0 Å². The van der Waals surface area contributed by atoms with E-state index in [1.807, 2.05) is 21.1 Å². The van der Waals surface area contributed by atoms with Crippen molar-refractivity contribution in [1.29, 1.82) is 0 Å². The van der Waals surface area contributed by atoms with E-state index < -0.39 is 26.5 Å². The molecular formula is C74H125NO8P+. The summed E-state index contributed by atoms with van der Waals surface area (Å²) in [5, 5.41) is 0. The second-order valence-electron chi connectivity index (χ2n) is 23.1. The maximum Gasteiger partial charge on any atom is 0.472 e. The van der Waals surface area contributed by atoms with Crippen LogP contribution >= 0.6 is 7.82 Å². The molecule has 0 fully saturated rings. The molecule has 84 heavy (non-hydrogen) atoms. The number of phosphoric acid groups is 1. The molecule has 0 aliphatic heterocycles. The summed E-state index contributed by atoms with van der Waals surface area (Å²) in [4.78, 5) is 35.8. The minimum Gasteiger partial charge on any atom is -0.462 e. The number of hydrogen-bond donors (Lipinski definition) is 1. The van der Waals surface area contributed by atoms with Gasteiger partial charge in [-0.05, 0) is 122 Å². The van der Waals surface area contributed by atoms with Gasteiger partial charge >= 0.3 is 19.8 Å². The third-order valence-corrected chi connectivity index (χ3v) is 14.8. The van der Waals surface area contributed by atoms with Crippen molar-refractivity contribution in [1.82, 2.24) is 0 Å². The molecule has 0 aromatic carbocycles. The fraction of sp³-hybridized carbons (Fsp3) is 0.649.